The standard InChI is InChI=1S/C13H21N3O5/c1-5-8-9(11(18)19)16(15-10(8)17)7-6-14-12(20)21-13(2,3)4/h5-7H2,1-4H3,(H,14,20)(H,15,17)(H,18,19). The van der Waals surface area contributed by atoms with Gasteiger partial charge in [0.2, 0.25) is 0 Å². The Hall–Kier alpha value is -2.25. The van der Waals surface area contributed by atoms with Crippen molar-refractivity contribution in [1.82, 2.24) is 15.1 Å². The topological polar surface area (TPSA) is 113 Å². The van der Waals surface area contributed by atoms with E-state index in [0.29, 0.717) is 6.42 Å². The highest BCUT2D eigenvalue weighted by Gasteiger charge is 2.20. The van der Waals surface area contributed by atoms with Crippen LogP contribution in [0.3, 0.4) is 0 Å². The van der Waals surface area contributed by atoms with Crippen LogP contribution >= 0.6 is 0 Å². The number of nitrogens with zero attached hydrogens (tertiary/aromatic N) is 1. The molecule has 0 aromatic carbocycles. The van der Waals surface area contributed by atoms with Gasteiger partial charge in [0.25, 0.3) is 5.56 Å². The van der Waals surface area contributed by atoms with Crippen LogP contribution in [-0.2, 0) is 17.7 Å². The number of hydrogen-bond acceptors (Lipinski definition) is 4. The molecule has 0 radical (unpaired) electrons. The molecule has 0 bridgehead atoms. The molecule has 1 amide bonds. The third kappa shape index (κ3) is 4.66. The molecule has 0 spiro atoms. The molecule has 0 aliphatic rings. The normalized spacial score (nSPS) is 11.2. The van der Waals surface area contributed by atoms with Crippen molar-refractivity contribution in [2.45, 2.75) is 46.3 Å². The molecular weight excluding hydrogens is 278 g/mol. The number of alkyl carbamates (subject to hydrolysis) is 1. The first kappa shape index (κ1) is 16.8. The quantitative estimate of drug-likeness (QED) is 0.749. The first-order valence-corrected chi connectivity index (χ1v) is 6.67. The minimum Gasteiger partial charge on any atom is -0.477 e. The van der Waals surface area contributed by atoms with Crippen molar-refractivity contribution in [3.8, 4) is 0 Å². The third-order valence-electron chi connectivity index (χ3n) is 2.63. The summed E-state index contributed by atoms with van der Waals surface area (Å²) in [5, 5.41) is 14.1. The SMILES string of the molecule is CCc1c(C(=O)O)n(CCNC(=O)OC(C)(C)C)[nH]c1=O. The minimum atomic E-state index is -1.18. The second kappa shape index (κ2) is 6.47. The average Bonchev–Trinajstić information content (AvgIpc) is 2.62. The van der Waals surface area contributed by atoms with Gasteiger partial charge in [0, 0.05) is 6.54 Å². The van der Waals surface area contributed by atoms with Crippen LogP contribution in [0.2, 0.25) is 0 Å². The van der Waals surface area contributed by atoms with Crippen LogP contribution in [0.25, 0.3) is 0 Å². The van der Waals surface area contributed by atoms with Gasteiger partial charge < -0.3 is 15.2 Å². The molecule has 8 heteroatoms. The number of carboxylic acids is 1. The first-order valence-electron chi connectivity index (χ1n) is 6.67. The van der Waals surface area contributed by atoms with Crippen molar-refractivity contribution in [3.63, 3.8) is 0 Å². The highest BCUT2D eigenvalue weighted by atomic mass is 16.6. The minimum absolute atomic E-state index is 0.0755. The van der Waals surface area contributed by atoms with Crippen molar-refractivity contribution >= 4 is 12.1 Å². The fourth-order valence-corrected chi connectivity index (χ4v) is 1.84. The monoisotopic (exact) mass is 299 g/mol. The summed E-state index contributed by atoms with van der Waals surface area (Å²) in [4.78, 5) is 34.3. The fraction of sp³-hybridized carbons (Fsp3) is 0.615. The van der Waals surface area contributed by atoms with Crippen molar-refractivity contribution in [1.29, 1.82) is 0 Å². The number of carbonyl (C=O) groups is 2. The number of amides is 1. The zero-order chi connectivity index (χ0) is 16.2. The van der Waals surface area contributed by atoms with Crippen LogP contribution in [-0.4, -0.2) is 39.1 Å². The van der Waals surface area contributed by atoms with Crippen LogP contribution in [0.4, 0.5) is 4.79 Å². The van der Waals surface area contributed by atoms with E-state index in [4.69, 9.17) is 9.84 Å². The van der Waals surface area contributed by atoms with Crippen molar-refractivity contribution in [2.75, 3.05) is 6.54 Å². The van der Waals surface area contributed by atoms with E-state index >= 15 is 0 Å². The van der Waals surface area contributed by atoms with E-state index in [1.54, 1.807) is 27.7 Å². The van der Waals surface area contributed by atoms with Gasteiger partial charge >= 0.3 is 12.1 Å². The third-order valence-corrected chi connectivity index (χ3v) is 2.63. The van der Waals surface area contributed by atoms with E-state index in [-0.39, 0.29) is 24.3 Å². The van der Waals surface area contributed by atoms with E-state index < -0.39 is 23.2 Å². The molecule has 21 heavy (non-hydrogen) atoms. The maximum Gasteiger partial charge on any atom is 0.407 e. The molecule has 0 aliphatic heterocycles. The Bertz CT molecular complexity index is 580. The molecule has 0 aliphatic carbocycles. The van der Waals surface area contributed by atoms with Crippen LogP contribution in [0.5, 0.6) is 0 Å². The maximum atomic E-state index is 11.6. The Morgan fingerprint density at radius 1 is 1.38 bits per heavy atom. The molecular formula is C13H21N3O5. The molecule has 1 aromatic rings. The number of carboxylic acid groups (broad SMARTS) is 1. The van der Waals surface area contributed by atoms with E-state index in [2.05, 4.69) is 10.4 Å². The second-order valence-corrected chi connectivity index (χ2v) is 5.51. The highest BCUT2D eigenvalue weighted by molar-refractivity contribution is 5.87. The molecule has 0 atom stereocenters. The van der Waals surface area contributed by atoms with Crippen LogP contribution in [0, 0.1) is 0 Å². The second-order valence-electron chi connectivity index (χ2n) is 5.51. The molecule has 8 nitrogen and oxygen atoms in total. The van der Waals surface area contributed by atoms with Gasteiger partial charge in [-0.05, 0) is 27.2 Å². The van der Waals surface area contributed by atoms with Gasteiger partial charge in [0.05, 0.1) is 12.1 Å². The maximum absolute atomic E-state index is 11.6. The number of carbonyl (C=O) groups excluding carboxylic acids is 1. The molecule has 118 valence electrons. The van der Waals surface area contributed by atoms with Gasteiger partial charge in [-0.25, -0.2) is 9.59 Å². The lowest BCUT2D eigenvalue weighted by atomic mass is 10.2. The summed E-state index contributed by atoms with van der Waals surface area (Å²) in [7, 11) is 0. The molecule has 0 saturated carbocycles. The van der Waals surface area contributed by atoms with Crippen molar-refractivity contribution < 1.29 is 19.4 Å². The molecule has 1 rings (SSSR count). The van der Waals surface area contributed by atoms with Gasteiger partial charge in [-0.15, -0.1) is 0 Å². The van der Waals surface area contributed by atoms with E-state index in [0.717, 1.165) is 0 Å². The van der Waals surface area contributed by atoms with Gasteiger partial charge in [-0.3, -0.25) is 14.6 Å². The predicted octanol–water partition coefficient (Wildman–Crippen LogP) is 0.962. The number of ether oxygens (including phenoxy) is 1. The number of aromatic nitrogens is 2. The largest absolute Gasteiger partial charge is 0.477 e. The summed E-state index contributed by atoms with van der Waals surface area (Å²) < 4.78 is 6.28. The summed E-state index contributed by atoms with van der Waals surface area (Å²) in [5.41, 5.74) is -0.881. The van der Waals surface area contributed by atoms with Gasteiger partial charge in [0.15, 0.2) is 5.69 Å². The molecule has 0 unspecified atom stereocenters. The van der Waals surface area contributed by atoms with Crippen LogP contribution in [0.1, 0.15) is 43.7 Å². The number of nitrogens with one attached hydrogen (secondary N) is 2. The summed E-state index contributed by atoms with van der Waals surface area (Å²) in [6.45, 7) is 7.21. The smallest absolute Gasteiger partial charge is 0.407 e. The Balaban J connectivity index is 2.71. The highest BCUT2D eigenvalue weighted by Crippen LogP contribution is 2.07. The molecule has 3 N–H and O–H groups in total. The van der Waals surface area contributed by atoms with Crippen LogP contribution < -0.4 is 10.9 Å². The molecule has 0 saturated heterocycles. The van der Waals surface area contributed by atoms with Gasteiger partial charge in [0.1, 0.15) is 5.60 Å². The Morgan fingerprint density at radius 3 is 2.48 bits per heavy atom. The lowest BCUT2D eigenvalue weighted by molar-refractivity contribution is 0.0525. The van der Waals surface area contributed by atoms with E-state index in [1.165, 1.54) is 4.68 Å². The lowest BCUT2D eigenvalue weighted by Gasteiger charge is -2.19. The van der Waals surface area contributed by atoms with Gasteiger partial charge in [-0.1, -0.05) is 6.92 Å². The van der Waals surface area contributed by atoms with E-state index in [9.17, 15) is 14.4 Å². The fourth-order valence-electron chi connectivity index (χ4n) is 1.84. The van der Waals surface area contributed by atoms with Crippen LogP contribution in [0.15, 0.2) is 4.79 Å². The number of aromatic carboxylic acids is 1. The predicted molar refractivity (Wildman–Crippen MR) is 75.6 cm³/mol. The lowest BCUT2D eigenvalue weighted by Crippen LogP contribution is -2.34. The summed E-state index contributed by atoms with van der Waals surface area (Å²) in [6, 6.07) is 0. The zero-order valence-electron chi connectivity index (χ0n) is 12.6. The first-order chi connectivity index (χ1) is 9.65. The number of aromatic amines is 1. The molecule has 1 aromatic heterocycles. The number of hydrogen-bond donors (Lipinski definition) is 3. The number of H-pyrrole nitrogens is 1. The van der Waals surface area contributed by atoms with Crippen molar-refractivity contribution in [3.05, 3.63) is 21.6 Å². The Morgan fingerprint density at radius 2 is 2.00 bits per heavy atom. The van der Waals surface area contributed by atoms with Gasteiger partial charge in [-0.2, -0.15) is 0 Å². The summed E-state index contributed by atoms with van der Waals surface area (Å²) >= 11 is 0. The molecule has 1 heterocycles. The van der Waals surface area contributed by atoms with E-state index in [1.807, 2.05) is 0 Å². The Kier molecular flexibility index (Phi) is 5.17. The summed E-state index contributed by atoms with van der Waals surface area (Å²) in [6.07, 6.45) is -0.270. The summed E-state index contributed by atoms with van der Waals surface area (Å²) in [5.74, 6) is -1.18. The zero-order valence-corrected chi connectivity index (χ0v) is 12.6. The average molecular weight is 299 g/mol. The van der Waals surface area contributed by atoms with Crippen molar-refractivity contribution in [2.24, 2.45) is 0 Å². The Labute approximate surface area is 122 Å². The molecule has 0 fully saturated rings. The number of rotatable bonds is 5.